The van der Waals surface area contributed by atoms with E-state index in [1.54, 1.807) is 4.31 Å². The SMILES string of the molecule is CC(C)CCS(=O)(=O)N1CCCCC1CCC(=O)O. The van der Waals surface area contributed by atoms with E-state index in [-0.39, 0.29) is 18.2 Å². The van der Waals surface area contributed by atoms with Crippen molar-refractivity contribution in [2.75, 3.05) is 12.3 Å². The number of nitrogens with zero attached hydrogens (tertiary/aromatic N) is 1. The van der Waals surface area contributed by atoms with Gasteiger partial charge in [-0.3, -0.25) is 4.79 Å². The van der Waals surface area contributed by atoms with Crippen LogP contribution in [0.4, 0.5) is 0 Å². The molecule has 1 aliphatic heterocycles. The van der Waals surface area contributed by atoms with E-state index in [4.69, 9.17) is 5.11 Å². The van der Waals surface area contributed by atoms with Crippen LogP contribution in [0, 0.1) is 5.92 Å². The largest absolute Gasteiger partial charge is 0.481 e. The number of rotatable bonds is 7. The normalized spacial score (nSPS) is 21.7. The van der Waals surface area contributed by atoms with E-state index >= 15 is 0 Å². The van der Waals surface area contributed by atoms with Crippen LogP contribution >= 0.6 is 0 Å². The highest BCUT2D eigenvalue weighted by atomic mass is 32.2. The monoisotopic (exact) mass is 291 g/mol. The first kappa shape index (κ1) is 16.4. The minimum atomic E-state index is -3.24. The second kappa shape index (κ2) is 7.24. The van der Waals surface area contributed by atoms with Gasteiger partial charge in [0.1, 0.15) is 0 Å². The Bertz CT molecular complexity index is 391. The van der Waals surface area contributed by atoms with Gasteiger partial charge in [-0.2, -0.15) is 4.31 Å². The summed E-state index contributed by atoms with van der Waals surface area (Å²) in [5, 5.41) is 8.74. The molecule has 0 bridgehead atoms. The molecule has 0 saturated carbocycles. The molecule has 0 aromatic rings. The summed E-state index contributed by atoms with van der Waals surface area (Å²) in [6.07, 6.45) is 3.78. The van der Waals surface area contributed by atoms with Gasteiger partial charge in [-0.05, 0) is 31.6 Å². The Balaban J connectivity index is 2.66. The van der Waals surface area contributed by atoms with Gasteiger partial charge in [0.25, 0.3) is 0 Å². The smallest absolute Gasteiger partial charge is 0.303 e. The molecule has 6 heteroatoms. The molecule has 0 radical (unpaired) electrons. The van der Waals surface area contributed by atoms with E-state index in [1.807, 2.05) is 13.8 Å². The molecule has 1 heterocycles. The molecule has 19 heavy (non-hydrogen) atoms. The van der Waals surface area contributed by atoms with Gasteiger partial charge in [0.15, 0.2) is 0 Å². The Hall–Kier alpha value is -0.620. The highest BCUT2D eigenvalue weighted by molar-refractivity contribution is 7.89. The molecule has 0 amide bonds. The summed E-state index contributed by atoms with van der Waals surface area (Å²) in [5.74, 6) is -0.323. The fourth-order valence-corrected chi connectivity index (χ4v) is 4.50. The molecular formula is C13H25NO4S. The topological polar surface area (TPSA) is 74.7 Å². The number of sulfonamides is 1. The maximum atomic E-state index is 12.3. The molecule has 112 valence electrons. The number of carboxylic acids is 1. The zero-order valence-electron chi connectivity index (χ0n) is 11.8. The average Bonchev–Trinajstić information content (AvgIpc) is 2.34. The van der Waals surface area contributed by atoms with Gasteiger partial charge in [0, 0.05) is 19.0 Å². The lowest BCUT2D eigenvalue weighted by atomic mass is 10.0. The summed E-state index contributed by atoms with van der Waals surface area (Å²) >= 11 is 0. The van der Waals surface area contributed by atoms with Crippen molar-refractivity contribution in [1.29, 1.82) is 0 Å². The zero-order chi connectivity index (χ0) is 14.5. The Morgan fingerprint density at radius 2 is 2.05 bits per heavy atom. The lowest BCUT2D eigenvalue weighted by molar-refractivity contribution is -0.137. The Kier molecular flexibility index (Phi) is 6.26. The van der Waals surface area contributed by atoms with Crippen molar-refractivity contribution in [2.45, 2.75) is 58.4 Å². The number of hydrogen-bond acceptors (Lipinski definition) is 3. The number of aliphatic carboxylic acids is 1. The van der Waals surface area contributed by atoms with Crippen LogP contribution in [-0.4, -0.2) is 42.1 Å². The van der Waals surface area contributed by atoms with Crippen molar-refractivity contribution in [3.05, 3.63) is 0 Å². The van der Waals surface area contributed by atoms with Crippen LogP contribution in [0.15, 0.2) is 0 Å². The molecule has 1 atom stereocenters. The second-order valence-electron chi connectivity index (χ2n) is 5.69. The van der Waals surface area contributed by atoms with Crippen molar-refractivity contribution in [3.8, 4) is 0 Å². The predicted molar refractivity (Wildman–Crippen MR) is 74.5 cm³/mol. The van der Waals surface area contributed by atoms with Gasteiger partial charge < -0.3 is 5.11 Å². The summed E-state index contributed by atoms with van der Waals surface area (Å²) in [6, 6.07) is -0.123. The van der Waals surface area contributed by atoms with Crippen molar-refractivity contribution in [2.24, 2.45) is 5.92 Å². The molecule has 1 N–H and O–H groups in total. The number of hydrogen-bond donors (Lipinski definition) is 1. The number of carboxylic acid groups (broad SMARTS) is 1. The predicted octanol–water partition coefficient (Wildman–Crippen LogP) is 2.08. The van der Waals surface area contributed by atoms with E-state index in [9.17, 15) is 13.2 Å². The van der Waals surface area contributed by atoms with E-state index < -0.39 is 16.0 Å². The number of carbonyl (C=O) groups is 1. The molecule has 1 fully saturated rings. The van der Waals surface area contributed by atoms with E-state index in [0.717, 1.165) is 19.3 Å². The molecule has 1 unspecified atom stereocenters. The maximum Gasteiger partial charge on any atom is 0.303 e. The lowest BCUT2D eigenvalue weighted by Gasteiger charge is -2.34. The van der Waals surface area contributed by atoms with Crippen molar-refractivity contribution < 1.29 is 18.3 Å². The highest BCUT2D eigenvalue weighted by Gasteiger charge is 2.32. The van der Waals surface area contributed by atoms with Crippen molar-refractivity contribution in [1.82, 2.24) is 4.31 Å². The molecule has 0 spiro atoms. The summed E-state index contributed by atoms with van der Waals surface area (Å²) in [6.45, 7) is 4.56. The Morgan fingerprint density at radius 3 is 2.63 bits per heavy atom. The first-order valence-electron chi connectivity index (χ1n) is 7.04. The van der Waals surface area contributed by atoms with Gasteiger partial charge in [0.05, 0.1) is 5.75 Å². The van der Waals surface area contributed by atoms with Gasteiger partial charge in [-0.15, -0.1) is 0 Å². The van der Waals surface area contributed by atoms with Crippen LogP contribution in [0.1, 0.15) is 52.4 Å². The second-order valence-corrected chi connectivity index (χ2v) is 7.73. The molecule has 5 nitrogen and oxygen atoms in total. The summed E-state index contributed by atoms with van der Waals surface area (Å²) in [4.78, 5) is 10.6. The molecule has 1 aliphatic rings. The zero-order valence-corrected chi connectivity index (χ0v) is 12.7. The van der Waals surface area contributed by atoms with E-state index in [1.165, 1.54) is 0 Å². The van der Waals surface area contributed by atoms with Crippen LogP contribution < -0.4 is 0 Å². The van der Waals surface area contributed by atoms with Gasteiger partial charge in [0.2, 0.25) is 10.0 Å². The summed E-state index contributed by atoms with van der Waals surface area (Å²) in [5.41, 5.74) is 0. The summed E-state index contributed by atoms with van der Waals surface area (Å²) in [7, 11) is -3.24. The third-order valence-electron chi connectivity index (χ3n) is 3.57. The molecular weight excluding hydrogens is 266 g/mol. The van der Waals surface area contributed by atoms with Gasteiger partial charge in [-0.25, -0.2) is 8.42 Å². The molecule has 0 aromatic carbocycles. The molecule has 0 aliphatic carbocycles. The fourth-order valence-electron chi connectivity index (χ4n) is 2.42. The third kappa shape index (κ3) is 5.48. The van der Waals surface area contributed by atoms with Gasteiger partial charge >= 0.3 is 5.97 Å². The first-order valence-corrected chi connectivity index (χ1v) is 8.65. The quantitative estimate of drug-likeness (QED) is 0.779. The van der Waals surface area contributed by atoms with Crippen molar-refractivity contribution >= 4 is 16.0 Å². The molecule has 1 saturated heterocycles. The minimum Gasteiger partial charge on any atom is -0.481 e. The standard InChI is InChI=1S/C13H25NO4S/c1-11(2)8-10-19(17,18)14-9-4-3-5-12(14)6-7-13(15)16/h11-12H,3-10H2,1-2H3,(H,15,16). The third-order valence-corrected chi connectivity index (χ3v) is 5.52. The van der Waals surface area contributed by atoms with Crippen LogP contribution in [0.5, 0.6) is 0 Å². The minimum absolute atomic E-state index is 0.0425. The molecule has 0 aromatic heterocycles. The van der Waals surface area contributed by atoms with E-state index in [0.29, 0.717) is 25.3 Å². The summed E-state index contributed by atoms with van der Waals surface area (Å²) < 4.78 is 26.2. The van der Waals surface area contributed by atoms with Gasteiger partial charge in [-0.1, -0.05) is 20.3 Å². The van der Waals surface area contributed by atoms with E-state index in [2.05, 4.69) is 0 Å². The lowest BCUT2D eigenvalue weighted by Crippen LogP contribution is -2.45. The van der Waals surface area contributed by atoms with Crippen LogP contribution in [0.25, 0.3) is 0 Å². The van der Waals surface area contributed by atoms with Crippen LogP contribution in [0.3, 0.4) is 0 Å². The maximum absolute atomic E-state index is 12.3. The number of piperidine rings is 1. The van der Waals surface area contributed by atoms with Crippen molar-refractivity contribution in [3.63, 3.8) is 0 Å². The first-order chi connectivity index (χ1) is 8.83. The Labute approximate surface area is 116 Å². The Morgan fingerprint density at radius 1 is 1.37 bits per heavy atom. The van der Waals surface area contributed by atoms with Crippen LogP contribution in [-0.2, 0) is 14.8 Å². The highest BCUT2D eigenvalue weighted by Crippen LogP contribution is 2.25. The van der Waals surface area contributed by atoms with Crippen LogP contribution in [0.2, 0.25) is 0 Å². The fraction of sp³-hybridized carbons (Fsp3) is 0.923. The average molecular weight is 291 g/mol. The molecule has 1 rings (SSSR count).